The van der Waals surface area contributed by atoms with Crippen molar-refractivity contribution in [3.05, 3.63) is 29.6 Å². The molecule has 0 spiro atoms. The minimum absolute atomic E-state index is 0.339. The van der Waals surface area contributed by atoms with Gasteiger partial charge in [-0.1, -0.05) is 13.3 Å². The highest BCUT2D eigenvalue weighted by Crippen LogP contribution is 2.27. The van der Waals surface area contributed by atoms with Crippen LogP contribution in [0.4, 0.5) is 10.1 Å². The molecule has 1 aliphatic rings. The van der Waals surface area contributed by atoms with E-state index in [0.717, 1.165) is 25.2 Å². The zero-order valence-electron chi connectivity index (χ0n) is 10.1. The number of rotatable bonds is 2. The SMILES string of the molecule is CCC1CCCN(c2ccc(F)cc2C#N)C1. The summed E-state index contributed by atoms with van der Waals surface area (Å²) >= 11 is 0. The van der Waals surface area contributed by atoms with Gasteiger partial charge in [-0.2, -0.15) is 5.26 Å². The normalized spacial score (nSPS) is 20.1. The smallest absolute Gasteiger partial charge is 0.124 e. The van der Waals surface area contributed by atoms with Gasteiger partial charge in [0.2, 0.25) is 0 Å². The molecule has 1 aromatic carbocycles. The predicted octanol–water partition coefficient (Wildman–Crippen LogP) is 3.32. The van der Waals surface area contributed by atoms with E-state index < -0.39 is 0 Å². The molecular weight excluding hydrogens is 215 g/mol. The Balaban J connectivity index is 2.24. The maximum Gasteiger partial charge on any atom is 0.124 e. The van der Waals surface area contributed by atoms with Crippen molar-refractivity contribution in [3.63, 3.8) is 0 Å². The topological polar surface area (TPSA) is 27.0 Å². The molecule has 2 rings (SSSR count). The van der Waals surface area contributed by atoms with E-state index in [4.69, 9.17) is 5.26 Å². The lowest BCUT2D eigenvalue weighted by molar-refractivity contribution is 0.404. The lowest BCUT2D eigenvalue weighted by Crippen LogP contribution is -2.35. The summed E-state index contributed by atoms with van der Waals surface area (Å²) < 4.78 is 13.1. The van der Waals surface area contributed by atoms with Crippen molar-refractivity contribution >= 4 is 5.69 Å². The van der Waals surface area contributed by atoms with E-state index in [2.05, 4.69) is 17.9 Å². The molecule has 90 valence electrons. The molecule has 0 amide bonds. The Labute approximate surface area is 102 Å². The Kier molecular flexibility index (Phi) is 3.63. The Hall–Kier alpha value is -1.56. The van der Waals surface area contributed by atoms with Crippen LogP contribution in [0.25, 0.3) is 0 Å². The zero-order chi connectivity index (χ0) is 12.3. The second-order valence-corrected chi connectivity index (χ2v) is 4.64. The molecule has 1 saturated heterocycles. The van der Waals surface area contributed by atoms with Gasteiger partial charge in [0.25, 0.3) is 0 Å². The standard InChI is InChI=1S/C14H17FN2/c1-2-11-4-3-7-17(10-11)14-6-5-13(15)8-12(14)9-16/h5-6,8,11H,2-4,7,10H2,1H3. The van der Waals surface area contributed by atoms with Crippen LogP contribution in [-0.2, 0) is 0 Å². The molecule has 2 nitrogen and oxygen atoms in total. The predicted molar refractivity (Wildman–Crippen MR) is 66.3 cm³/mol. The molecule has 1 heterocycles. The fourth-order valence-electron chi connectivity index (χ4n) is 2.49. The third-order valence-electron chi connectivity index (χ3n) is 3.52. The van der Waals surface area contributed by atoms with Crippen molar-refractivity contribution in [3.8, 4) is 6.07 Å². The minimum Gasteiger partial charge on any atom is -0.370 e. The van der Waals surface area contributed by atoms with Crippen LogP contribution in [0, 0.1) is 23.1 Å². The highest BCUT2D eigenvalue weighted by atomic mass is 19.1. The highest BCUT2D eigenvalue weighted by Gasteiger charge is 2.20. The van der Waals surface area contributed by atoms with Crippen LogP contribution in [0.3, 0.4) is 0 Å². The minimum atomic E-state index is -0.339. The molecule has 1 aromatic rings. The van der Waals surface area contributed by atoms with Crippen molar-refractivity contribution in [1.29, 1.82) is 5.26 Å². The van der Waals surface area contributed by atoms with Gasteiger partial charge in [0.15, 0.2) is 0 Å². The summed E-state index contributed by atoms with van der Waals surface area (Å²) in [5.74, 6) is 0.356. The molecule has 1 aliphatic heterocycles. The van der Waals surface area contributed by atoms with Crippen molar-refractivity contribution in [2.24, 2.45) is 5.92 Å². The number of piperidine rings is 1. The van der Waals surface area contributed by atoms with Gasteiger partial charge in [-0.15, -0.1) is 0 Å². The Morgan fingerprint density at radius 2 is 2.35 bits per heavy atom. The van der Waals surface area contributed by atoms with Crippen LogP contribution in [0.1, 0.15) is 31.7 Å². The van der Waals surface area contributed by atoms with Gasteiger partial charge in [0.05, 0.1) is 11.3 Å². The molecule has 0 radical (unpaired) electrons. The van der Waals surface area contributed by atoms with Crippen LogP contribution >= 0.6 is 0 Å². The first-order valence-corrected chi connectivity index (χ1v) is 6.19. The van der Waals surface area contributed by atoms with E-state index in [1.807, 2.05) is 0 Å². The number of hydrogen-bond acceptors (Lipinski definition) is 2. The molecule has 0 N–H and O–H groups in total. The van der Waals surface area contributed by atoms with E-state index in [9.17, 15) is 4.39 Å². The number of anilines is 1. The number of nitrogens with zero attached hydrogens (tertiary/aromatic N) is 2. The fourth-order valence-corrected chi connectivity index (χ4v) is 2.49. The quantitative estimate of drug-likeness (QED) is 0.782. The van der Waals surface area contributed by atoms with E-state index in [1.54, 1.807) is 6.07 Å². The number of benzene rings is 1. The van der Waals surface area contributed by atoms with Crippen LogP contribution in [0.15, 0.2) is 18.2 Å². The first-order valence-electron chi connectivity index (χ1n) is 6.19. The third-order valence-corrected chi connectivity index (χ3v) is 3.52. The second-order valence-electron chi connectivity index (χ2n) is 4.64. The van der Waals surface area contributed by atoms with Crippen molar-refractivity contribution in [2.45, 2.75) is 26.2 Å². The van der Waals surface area contributed by atoms with Crippen molar-refractivity contribution < 1.29 is 4.39 Å². The molecule has 0 aromatic heterocycles. The van der Waals surface area contributed by atoms with Crippen molar-refractivity contribution in [1.82, 2.24) is 0 Å². The van der Waals surface area contributed by atoms with Crippen LogP contribution in [0.5, 0.6) is 0 Å². The lowest BCUT2D eigenvalue weighted by Gasteiger charge is -2.34. The van der Waals surface area contributed by atoms with Gasteiger partial charge in [0, 0.05) is 13.1 Å². The maximum absolute atomic E-state index is 13.1. The Morgan fingerprint density at radius 3 is 3.06 bits per heavy atom. The lowest BCUT2D eigenvalue weighted by atomic mass is 9.95. The summed E-state index contributed by atoms with van der Waals surface area (Å²) in [5, 5.41) is 9.05. The summed E-state index contributed by atoms with van der Waals surface area (Å²) in [6.07, 6.45) is 3.58. The molecule has 0 saturated carbocycles. The maximum atomic E-state index is 13.1. The van der Waals surface area contributed by atoms with Crippen LogP contribution in [-0.4, -0.2) is 13.1 Å². The largest absolute Gasteiger partial charge is 0.370 e. The van der Waals surface area contributed by atoms with E-state index in [1.165, 1.54) is 25.0 Å². The number of halogens is 1. The van der Waals surface area contributed by atoms with Gasteiger partial charge in [0.1, 0.15) is 11.9 Å². The third kappa shape index (κ3) is 2.58. The zero-order valence-corrected chi connectivity index (χ0v) is 10.1. The molecular formula is C14H17FN2. The average molecular weight is 232 g/mol. The Morgan fingerprint density at radius 1 is 1.53 bits per heavy atom. The average Bonchev–Trinajstić information content (AvgIpc) is 2.38. The fraction of sp³-hybridized carbons (Fsp3) is 0.500. The molecule has 17 heavy (non-hydrogen) atoms. The summed E-state index contributed by atoms with van der Waals surface area (Å²) in [5.41, 5.74) is 1.33. The highest BCUT2D eigenvalue weighted by molar-refractivity contribution is 5.59. The Bertz CT molecular complexity index is 436. The van der Waals surface area contributed by atoms with E-state index in [0.29, 0.717) is 11.5 Å². The van der Waals surface area contributed by atoms with E-state index in [-0.39, 0.29) is 5.82 Å². The molecule has 1 fully saturated rings. The molecule has 0 aliphatic carbocycles. The van der Waals surface area contributed by atoms with Crippen molar-refractivity contribution in [2.75, 3.05) is 18.0 Å². The second kappa shape index (κ2) is 5.18. The summed E-state index contributed by atoms with van der Waals surface area (Å²) in [6, 6.07) is 6.57. The van der Waals surface area contributed by atoms with Gasteiger partial charge in [-0.05, 0) is 37.0 Å². The van der Waals surface area contributed by atoms with Crippen LogP contribution in [0.2, 0.25) is 0 Å². The summed E-state index contributed by atoms with van der Waals surface area (Å²) in [7, 11) is 0. The number of hydrogen-bond donors (Lipinski definition) is 0. The molecule has 1 unspecified atom stereocenters. The first-order chi connectivity index (χ1) is 8.24. The van der Waals surface area contributed by atoms with Gasteiger partial charge >= 0.3 is 0 Å². The van der Waals surface area contributed by atoms with Gasteiger partial charge in [-0.25, -0.2) is 4.39 Å². The molecule has 0 bridgehead atoms. The number of nitriles is 1. The van der Waals surface area contributed by atoms with E-state index >= 15 is 0 Å². The van der Waals surface area contributed by atoms with Crippen LogP contribution < -0.4 is 4.90 Å². The first kappa shape index (κ1) is 11.9. The summed E-state index contributed by atoms with van der Waals surface area (Å²) in [6.45, 7) is 4.15. The molecule has 3 heteroatoms. The summed E-state index contributed by atoms with van der Waals surface area (Å²) in [4.78, 5) is 2.22. The van der Waals surface area contributed by atoms with Gasteiger partial charge < -0.3 is 4.90 Å². The monoisotopic (exact) mass is 232 g/mol. The van der Waals surface area contributed by atoms with Gasteiger partial charge in [-0.3, -0.25) is 0 Å². The molecule has 1 atom stereocenters.